The van der Waals surface area contributed by atoms with E-state index in [0.29, 0.717) is 62.3 Å². The van der Waals surface area contributed by atoms with Gasteiger partial charge in [-0.1, -0.05) is 17.4 Å². The van der Waals surface area contributed by atoms with Gasteiger partial charge in [-0.25, -0.2) is 4.99 Å². The first-order valence-electron chi connectivity index (χ1n) is 13.6. The molecular weight excluding hydrogens is 542 g/mol. The van der Waals surface area contributed by atoms with Crippen molar-refractivity contribution in [3.8, 4) is 23.0 Å². The van der Waals surface area contributed by atoms with Gasteiger partial charge in [-0.3, -0.25) is 14.2 Å². The van der Waals surface area contributed by atoms with Gasteiger partial charge in [0.1, 0.15) is 17.5 Å². The predicted molar refractivity (Wildman–Crippen MR) is 160 cm³/mol. The zero-order valence-corrected chi connectivity index (χ0v) is 25.6. The van der Waals surface area contributed by atoms with Gasteiger partial charge in [0.05, 0.1) is 43.2 Å². The Bertz CT molecular complexity index is 1650. The lowest BCUT2D eigenvalue weighted by molar-refractivity contribution is -0.127. The van der Waals surface area contributed by atoms with E-state index in [1.54, 1.807) is 49.0 Å². The summed E-state index contributed by atoms with van der Waals surface area (Å²) in [5.74, 6) is 2.15. The average molecular weight is 580 g/mol. The highest BCUT2D eigenvalue weighted by Gasteiger charge is 2.36. The molecule has 218 valence electrons. The molecule has 2 heterocycles. The maximum Gasteiger partial charge on any atom is 0.271 e. The maximum atomic E-state index is 14.1. The fourth-order valence-corrected chi connectivity index (χ4v) is 5.95. The Morgan fingerprint density at radius 3 is 2.32 bits per heavy atom. The van der Waals surface area contributed by atoms with Crippen LogP contribution in [0.1, 0.15) is 51.8 Å². The zero-order valence-electron chi connectivity index (χ0n) is 24.8. The van der Waals surface area contributed by atoms with Gasteiger partial charge in [0, 0.05) is 18.7 Å². The van der Waals surface area contributed by atoms with E-state index in [4.69, 9.17) is 23.9 Å². The molecule has 1 atom stereocenters. The molecule has 1 aliphatic heterocycles. The van der Waals surface area contributed by atoms with Crippen molar-refractivity contribution in [1.82, 2.24) is 9.47 Å². The largest absolute Gasteiger partial charge is 0.497 e. The minimum absolute atomic E-state index is 0.0106. The van der Waals surface area contributed by atoms with Crippen molar-refractivity contribution >= 4 is 23.3 Å². The van der Waals surface area contributed by atoms with Gasteiger partial charge in [0.2, 0.25) is 0 Å². The molecule has 0 aliphatic carbocycles. The van der Waals surface area contributed by atoms with Crippen LogP contribution in [0, 0.1) is 0 Å². The number of fused-ring (bicyclic) bond motifs is 1. The highest BCUT2D eigenvalue weighted by atomic mass is 32.1. The summed E-state index contributed by atoms with van der Waals surface area (Å²) in [6.45, 7) is 10.6. The van der Waals surface area contributed by atoms with Crippen molar-refractivity contribution < 1.29 is 23.7 Å². The zero-order chi connectivity index (χ0) is 29.8. The third-order valence-electron chi connectivity index (χ3n) is 6.88. The molecule has 0 bridgehead atoms. The summed E-state index contributed by atoms with van der Waals surface area (Å²) < 4.78 is 24.7. The molecule has 0 fully saturated rings. The summed E-state index contributed by atoms with van der Waals surface area (Å²) in [5, 5.41) is 0. The lowest BCUT2D eigenvalue weighted by atomic mass is 9.93. The van der Waals surface area contributed by atoms with Crippen molar-refractivity contribution in [2.24, 2.45) is 4.99 Å². The van der Waals surface area contributed by atoms with Crippen LogP contribution in [0.15, 0.2) is 57.5 Å². The molecule has 0 unspecified atom stereocenters. The minimum Gasteiger partial charge on any atom is -0.497 e. The summed E-state index contributed by atoms with van der Waals surface area (Å²) in [7, 11) is 4.72. The number of carbonyl (C=O) groups excluding carboxylic acids is 1. The molecule has 4 rings (SSSR count). The summed E-state index contributed by atoms with van der Waals surface area (Å²) in [5.41, 5.74) is 2.13. The summed E-state index contributed by atoms with van der Waals surface area (Å²) in [6, 6.07) is 10.2. The third kappa shape index (κ3) is 5.88. The Morgan fingerprint density at radius 2 is 1.71 bits per heavy atom. The second-order valence-electron chi connectivity index (χ2n) is 9.74. The summed E-state index contributed by atoms with van der Waals surface area (Å²) in [4.78, 5) is 35.0. The Morgan fingerprint density at radius 1 is 1.02 bits per heavy atom. The molecule has 0 saturated carbocycles. The van der Waals surface area contributed by atoms with Gasteiger partial charge in [0.15, 0.2) is 16.3 Å². The standard InChI is InChI=1S/C31H37N3O6S/c1-9-33(10-2)30(36)27-19(5)32-31-34(28(27)22-17-21(37-6)12-14-23(22)38-7)29(35)26(41-31)16-20-11-13-24(40-18(3)4)25(15-20)39-8/h11-18,28H,9-10H2,1-8H3/b26-16+/t28-/m1/s1. The van der Waals surface area contributed by atoms with Crippen LogP contribution >= 0.6 is 11.3 Å². The number of allylic oxidation sites excluding steroid dienone is 1. The van der Waals surface area contributed by atoms with Gasteiger partial charge < -0.3 is 23.8 Å². The van der Waals surface area contributed by atoms with Crippen LogP contribution in [-0.4, -0.2) is 55.9 Å². The van der Waals surface area contributed by atoms with Crippen LogP contribution < -0.4 is 33.8 Å². The Hall–Kier alpha value is -4.05. The smallest absolute Gasteiger partial charge is 0.271 e. The number of likely N-dealkylation sites (N-methyl/N-ethyl adjacent to an activating group) is 1. The third-order valence-corrected chi connectivity index (χ3v) is 7.87. The van der Waals surface area contributed by atoms with E-state index in [1.807, 2.05) is 58.9 Å². The number of ether oxygens (including phenoxy) is 4. The number of carbonyl (C=O) groups is 1. The molecule has 0 radical (unpaired) electrons. The lowest BCUT2D eigenvalue weighted by Gasteiger charge is -2.30. The van der Waals surface area contributed by atoms with Crippen molar-refractivity contribution in [2.75, 3.05) is 34.4 Å². The molecule has 1 aromatic heterocycles. The topological polar surface area (TPSA) is 91.6 Å². The summed E-state index contributed by atoms with van der Waals surface area (Å²) >= 11 is 1.27. The van der Waals surface area contributed by atoms with E-state index >= 15 is 0 Å². The SMILES string of the molecule is CCN(CC)C(=O)C1=C(C)N=c2s/c(=C/c3ccc(OC(C)C)c(OC)c3)c(=O)n2[C@@H]1c1cc(OC)ccc1OC. The van der Waals surface area contributed by atoms with Crippen LogP contribution in [0.4, 0.5) is 0 Å². The number of thiazole rings is 1. The maximum absolute atomic E-state index is 14.1. The van der Waals surface area contributed by atoms with Crippen molar-refractivity contribution in [1.29, 1.82) is 0 Å². The molecule has 0 spiro atoms. The lowest BCUT2D eigenvalue weighted by Crippen LogP contribution is -2.43. The Balaban J connectivity index is 1.97. The van der Waals surface area contributed by atoms with Crippen LogP contribution in [0.5, 0.6) is 23.0 Å². The molecular formula is C31H37N3O6S. The molecule has 2 aromatic carbocycles. The molecule has 1 amide bonds. The van der Waals surface area contributed by atoms with Crippen LogP contribution in [-0.2, 0) is 4.79 Å². The van der Waals surface area contributed by atoms with Crippen molar-refractivity contribution in [2.45, 2.75) is 46.8 Å². The van der Waals surface area contributed by atoms with E-state index in [9.17, 15) is 9.59 Å². The molecule has 3 aromatic rings. The highest BCUT2D eigenvalue weighted by Crippen LogP contribution is 2.38. The van der Waals surface area contributed by atoms with E-state index in [2.05, 4.69) is 0 Å². The first-order valence-corrected chi connectivity index (χ1v) is 14.4. The van der Waals surface area contributed by atoms with E-state index in [-0.39, 0.29) is 17.6 Å². The highest BCUT2D eigenvalue weighted by molar-refractivity contribution is 7.07. The predicted octanol–water partition coefficient (Wildman–Crippen LogP) is 3.92. The fraction of sp³-hybridized carbons (Fsp3) is 0.387. The number of methoxy groups -OCH3 is 3. The van der Waals surface area contributed by atoms with Crippen molar-refractivity contribution in [3.63, 3.8) is 0 Å². The molecule has 10 heteroatoms. The number of nitrogens with zero attached hydrogens (tertiary/aromatic N) is 3. The Labute approximate surface area is 244 Å². The van der Waals surface area contributed by atoms with Gasteiger partial charge in [-0.05, 0) is 76.6 Å². The summed E-state index contributed by atoms with van der Waals surface area (Å²) in [6.07, 6.45) is 1.79. The number of amides is 1. The van der Waals surface area contributed by atoms with Crippen LogP contribution in [0.25, 0.3) is 6.08 Å². The normalized spacial score (nSPS) is 15.0. The monoisotopic (exact) mass is 579 g/mol. The van der Waals surface area contributed by atoms with Gasteiger partial charge in [-0.15, -0.1) is 0 Å². The first-order chi connectivity index (χ1) is 19.7. The Kier molecular flexibility index (Phi) is 9.22. The second-order valence-corrected chi connectivity index (χ2v) is 10.8. The van der Waals surface area contributed by atoms with Gasteiger partial charge >= 0.3 is 0 Å². The number of hydrogen-bond donors (Lipinski definition) is 0. The van der Waals surface area contributed by atoms with Crippen LogP contribution in [0.3, 0.4) is 0 Å². The average Bonchev–Trinajstić information content (AvgIpc) is 3.26. The quantitative estimate of drug-likeness (QED) is 0.362. The molecule has 1 aliphatic rings. The fourth-order valence-electron chi connectivity index (χ4n) is 4.90. The molecule has 0 N–H and O–H groups in total. The molecule has 41 heavy (non-hydrogen) atoms. The number of hydrogen-bond acceptors (Lipinski definition) is 8. The van der Waals surface area contributed by atoms with Gasteiger partial charge in [0.25, 0.3) is 11.5 Å². The minimum atomic E-state index is -0.761. The number of aromatic nitrogens is 1. The number of benzene rings is 2. The second kappa shape index (κ2) is 12.6. The van der Waals surface area contributed by atoms with Crippen LogP contribution in [0.2, 0.25) is 0 Å². The molecule has 9 nitrogen and oxygen atoms in total. The molecule has 0 saturated heterocycles. The van der Waals surface area contributed by atoms with E-state index in [1.165, 1.54) is 11.3 Å². The van der Waals surface area contributed by atoms with E-state index in [0.717, 1.165) is 5.56 Å². The first kappa shape index (κ1) is 29.9. The van der Waals surface area contributed by atoms with Crippen molar-refractivity contribution in [3.05, 3.63) is 78.5 Å². The van der Waals surface area contributed by atoms with Gasteiger partial charge in [-0.2, -0.15) is 0 Å². The number of rotatable bonds is 10. The van der Waals surface area contributed by atoms with E-state index < -0.39 is 6.04 Å².